The average Bonchev–Trinajstić information content (AvgIpc) is 2.55. The predicted molar refractivity (Wildman–Crippen MR) is 87.6 cm³/mol. The lowest BCUT2D eigenvalue weighted by molar-refractivity contribution is -0.126. The van der Waals surface area contributed by atoms with Gasteiger partial charge in [-0.05, 0) is 43.7 Å². The fourth-order valence-corrected chi connectivity index (χ4v) is 3.40. The third-order valence-corrected chi connectivity index (χ3v) is 4.82. The second kappa shape index (κ2) is 6.82. The number of aromatic carboxylic acids is 1. The Morgan fingerprint density at radius 2 is 1.96 bits per heavy atom. The predicted octanol–water partition coefficient (Wildman–Crippen LogP) is 0.342. The van der Waals surface area contributed by atoms with Gasteiger partial charge in [-0.15, -0.1) is 0 Å². The van der Waals surface area contributed by atoms with Crippen LogP contribution in [0.2, 0.25) is 0 Å². The molecule has 1 aromatic carbocycles. The first-order valence-electron chi connectivity index (χ1n) is 8.21. The zero-order valence-corrected chi connectivity index (χ0v) is 13.3. The first-order valence-corrected chi connectivity index (χ1v) is 8.21. The van der Waals surface area contributed by atoms with Gasteiger partial charge in [-0.2, -0.15) is 0 Å². The summed E-state index contributed by atoms with van der Waals surface area (Å²) in [7, 11) is -1.27. The van der Waals surface area contributed by atoms with Crippen molar-refractivity contribution in [1.82, 2.24) is 5.32 Å². The van der Waals surface area contributed by atoms with E-state index in [0.717, 1.165) is 25.7 Å². The Hall–Kier alpha value is -2.06. The Morgan fingerprint density at radius 1 is 1.25 bits per heavy atom. The maximum atomic E-state index is 12.4. The smallest absolute Gasteiger partial charge is 0.534 e. The first-order chi connectivity index (χ1) is 11.5. The van der Waals surface area contributed by atoms with Crippen molar-refractivity contribution in [3.05, 3.63) is 29.3 Å². The van der Waals surface area contributed by atoms with Crippen molar-refractivity contribution in [3.63, 3.8) is 0 Å². The minimum absolute atomic E-state index is 0.0117. The van der Waals surface area contributed by atoms with Gasteiger partial charge in [-0.3, -0.25) is 4.79 Å². The van der Waals surface area contributed by atoms with Crippen LogP contribution in [-0.2, 0) is 11.2 Å². The van der Waals surface area contributed by atoms with Crippen molar-refractivity contribution in [2.45, 2.75) is 44.1 Å². The number of fused-ring (bicyclic) bond motifs is 1. The highest BCUT2D eigenvalue weighted by molar-refractivity contribution is 6.47. The summed E-state index contributed by atoms with van der Waals surface area (Å²) in [6.07, 6.45) is 3.47. The van der Waals surface area contributed by atoms with Gasteiger partial charge in [0, 0.05) is 12.0 Å². The molecule has 0 radical (unpaired) electrons. The number of amides is 1. The first kappa shape index (κ1) is 16.8. The Labute approximate surface area is 140 Å². The van der Waals surface area contributed by atoms with Crippen molar-refractivity contribution in [2.75, 3.05) is 0 Å². The van der Waals surface area contributed by atoms with Gasteiger partial charge >= 0.3 is 13.1 Å². The van der Waals surface area contributed by atoms with E-state index in [1.165, 1.54) is 6.07 Å². The largest absolute Gasteiger partial charge is 0.547 e. The lowest BCUT2D eigenvalue weighted by atomic mass is 9.71. The van der Waals surface area contributed by atoms with Crippen molar-refractivity contribution < 1.29 is 24.4 Å². The van der Waals surface area contributed by atoms with Crippen molar-refractivity contribution >= 4 is 19.0 Å². The van der Waals surface area contributed by atoms with Crippen LogP contribution in [-0.4, -0.2) is 41.1 Å². The van der Waals surface area contributed by atoms with Gasteiger partial charge in [-0.25, -0.2) is 4.79 Å². The summed E-state index contributed by atoms with van der Waals surface area (Å²) in [5, 5.41) is 22.2. The number of carboxylic acid groups (broad SMARTS) is 1. The van der Waals surface area contributed by atoms with Gasteiger partial charge in [0.05, 0.1) is 11.5 Å². The van der Waals surface area contributed by atoms with Crippen molar-refractivity contribution in [2.24, 2.45) is 11.7 Å². The maximum absolute atomic E-state index is 12.4. The quantitative estimate of drug-likeness (QED) is 0.592. The van der Waals surface area contributed by atoms with E-state index in [4.69, 9.17) is 10.4 Å². The number of benzene rings is 1. The molecule has 0 unspecified atom stereocenters. The molecule has 1 amide bonds. The average molecular weight is 332 g/mol. The second-order valence-electron chi connectivity index (χ2n) is 6.54. The summed E-state index contributed by atoms with van der Waals surface area (Å²) in [6, 6.07) is 4.97. The highest BCUT2D eigenvalue weighted by Crippen LogP contribution is 2.30. The SMILES string of the molecule is N[C@H]1CC[C@H](C(=O)N[C@H]2Cc3cccc(C(=O)O)c3OB2O)CC1. The summed E-state index contributed by atoms with van der Waals surface area (Å²) in [4.78, 5) is 23.6. The lowest BCUT2D eigenvalue weighted by Gasteiger charge is -2.31. The Balaban J connectivity index is 1.69. The third-order valence-electron chi connectivity index (χ3n) is 4.82. The van der Waals surface area contributed by atoms with E-state index < -0.39 is 19.0 Å². The lowest BCUT2D eigenvalue weighted by Crippen LogP contribution is -2.54. The highest BCUT2D eigenvalue weighted by Gasteiger charge is 2.38. The van der Waals surface area contributed by atoms with Crippen LogP contribution < -0.4 is 15.7 Å². The van der Waals surface area contributed by atoms with Crippen LogP contribution in [0.5, 0.6) is 5.75 Å². The highest BCUT2D eigenvalue weighted by atomic mass is 16.5. The topological polar surface area (TPSA) is 122 Å². The van der Waals surface area contributed by atoms with E-state index in [2.05, 4.69) is 5.32 Å². The van der Waals surface area contributed by atoms with E-state index >= 15 is 0 Å². The number of para-hydroxylation sites is 1. The zero-order valence-electron chi connectivity index (χ0n) is 13.3. The molecule has 1 aliphatic carbocycles. The number of hydrogen-bond donors (Lipinski definition) is 4. The molecule has 1 atom stereocenters. The zero-order chi connectivity index (χ0) is 17.3. The van der Waals surface area contributed by atoms with Gasteiger partial charge in [0.15, 0.2) is 0 Å². The van der Waals surface area contributed by atoms with Crippen LogP contribution in [0, 0.1) is 5.92 Å². The fraction of sp³-hybridized carbons (Fsp3) is 0.500. The van der Waals surface area contributed by atoms with E-state index in [1.54, 1.807) is 12.1 Å². The summed E-state index contributed by atoms with van der Waals surface area (Å²) in [6.45, 7) is 0. The molecule has 5 N–H and O–H groups in total. The van der Waals surface area contributed by atoms with Crippen LogP contribution in [0.15, 0.2) is 18.2 Å². The Kier molecular flexibility index (Phi) is 4.77. The molecule has 24 heavy (non-hydrogen) atoms. The number of carboxylic acids is 1. The van der Waals surface area contributed by atoms with Gasteiger partial charge in [0.2, 0.25) is 5.91 Å². The van der Waals surface area contributed by atoms with Crippen LogP contribution >= 0.6 is 0 Å². The molecule has 0 spiro atoms. The maximum Gasteiger partial charge on any atom is 0.547 e. The molecule has 1 aromatic rings. The van der Waals surface area contributed by atoms with Crippen molar-refractivity contribution in [1.29, 1.82) is 0 Å². The number of carbonyl (C=O) groups excluding carboxylic acids is 1. The Bertz CT molecular complexity index is 645. The molecule has 0 saturated heterocycles. The standard InChI is InChI=1S/C16H21BN2O5/c18-11-6-4-9(5-7-11)15(20)19-13-8-10-2-1-3-12(16(21)22)14(10)24-17(13)23/h1-3,9,11,13,23H,4-8,18H2,(H,19,20)(H,21,22)/t9-,11-,13-/m0/s1. The molecule has 3 rings (SSSR count). The van der Waals surface area contributed by atoms with Gasteiger partial charge in [0.25, 0.3) is 0 Å². The van der Waals surface area contributed by atoms with E-state index in [-0.39, 0.29) is 29.2 Å². The van der Waals surface area contributed by atoms with Crippen LogP contribution in [0.3, 0.4) is 0 Å². The fourth-order valence-electron chi connectivity index (χ4n) is 3.40. The molecular weight excluding hydrogens is 311 g/mol. The number of carbonyl (C=O) groups is 2. The van der Waals surface area contributed by atoms with E-state index in [1.807, 2.05) is 0 Å². The Morgan fingerprint density at radius 3 is 2.62 bits per heavy atom. The molecule has 1 aliphatic heterocycles. The molecular formula is C16H21BN2O5. The van der Waals surface area contributed by atoms with Crippen LogP contribution in [0.25, 0.3) is 0 Å². The number of nitrogens with one attached hydrogen (secondary N) is 1. The molecule has 128 valence electrons. The molecule has 0 aromatic heterocycles. The molecule has 0 bridgehead atoms. The summed E-state index contributed by atoms with van der Waals surface area (Å²) in [5.74, 6) is -1.73. The minimum atomic E-state index is -1.27. The number of rotatable bonds is 3. The number of hydrogen-bond acceptors (Lipinski definition) is 5. The minimum Gasteiger partial charge on any atom is -0.534 e. The van der Waals surface area contributed by atoms with Gasteiger partial charge < -0.3 is 25.8 Å². The molecule has 1 saturated carbocycles. The molecule has 8 heteroatoms. The summed E-state index contributed by atoms with van der Waals surface area (Å²) in [5.41, 5.74) is 6.53. The van der Waals surface area contributed by atoms with E-state index in [9.17, 15) is 19.7 Å². The summed E-state index contributed by atoms with van der Waals surface area (Å²) < 4.78 is 5.38. The monoisotopic (exact) mass is 332 g/mol. The number of nitrogens with two attached hydrogens (primary N) is 1. The molecule has 2 aliphatic rings. The van der Waals surface area contributed by atoms with Crippen molar-refractivity contribution in [3.8, 4) is 5.75 Å². The molecule has 1 fully saturated rings. The van der Waals surface area contributed by atoms with Gasteiger partial charge in [-0.1, -0.05) is 12.1 Å². The third kappa shape index (κ3) is 3.39. The van der Waals surface area contributed by atoms with E-state index in [0.29, 0.717) is 12.0 Å². The van der Waals surface area contributed by atoms with Gasteiger partial charge in [0.1, 0.15) is 5.75 Å². The normalized spacial score (nSPS) is 26.2. The summed E-state index contributed by atoms with van der Waals surface area (Å²) >= 11 is 0. The van der Waals surface area contributed by atoms with Crippen LogP contribution in [0.4, 0.5) is 0 Å². The second-order valence-corrected chi connectivity index (χ2v) is 6.54. The molecule has 7 nitrogen and oxygen atoms in total. The van der Waals surface area contributed by atoms with Crippen LogP contribution in [0.1, 0.15) is 41.6 Å². The molecule has 1 heterocycles.